The molecule has 1 aromatic rings. The molecule has 110 valence electrons. The molecule has 0 aliphatic carbocycles. The molecular weight excluding hydrogens is 298 g/mol. The highest BCUT2D eigenvalue weighted by molar-refractivity contribution is 7.99. The quantitative estimate of drug-likeness (QED) is 0.784. The summed E-state index contributed by atoms with van der Waals surface area (Å²) in [5.41, 5.74) is 0.690. The molecule has 0 aromatic heterocycles. The maximum atomic E-state index is 11.7. The number of nitrogens with one attached hydrogen (secondary N) is 1. The molecule has 0 fully saturated rings. The molecular formula is C14H18ClNO3S. The Kier molecular flexibility index (Phi) is 7.47. The van der Waals surface area contributed by atoms with Gasteiger partial charge in [-0.2, -0.15) is 11.8 Å². The molecule has 0 saturated heterocycles. The van der Waals surface area contributed by atoms with E-state index in [1.54, 1.807) is 36.0 Å². The van der Waals surface area contributed by atoms with Crippen molar-refractivity contribution in [3.63, 3.8) is 0 Å². The first-order valence-electron chi connectivity index (χ1n) is 6.25. The van der Waals surface area contributed by atoms with Crippen molar-refractivity contribution in [3.05, 3.63) is 29.3 Å². The monoisotopic (exact) mass is 315 g/mol. The van der Waals surface area contributed by atoms with Crippen LogP contribution < -0.4 is 5.32 Å². The number of benzene rings is 1. The number of halogens is 1. The number of hydrogen-bond donors (Lipinski definition) is 1. The van der Waals surface area contributed by atoms with E-state index >= 15 is 0 Å². The third kappa shape index (κ3) is 6.82. The second kappa shape index (κ2) is 8.87. The SMILES string of the molecule is COC(=O)CC(C)SCCC(=O)Nc1cccc(Cl)c1. The first-order valence-corrected chi connectivity index (χ1v) is 7.67. The molecule has 0 aliphatic rings. The van der Waals surface area contributed by atoms with Gasteiger partial charge in [0.05, 0.1) is 13.5 Å². The molecule has 1 N–H and O–H groups in total. The molecule has 4 nitrogen and oxygen atoms in total. The molecule has 0 spiro atoms. The maximum Gasteiger partial charge on any atom is 0.306 e. The van der Waals surface area contributed by atoms with E-state index in [-0.39, 0.29) is 17.1 Å². The van der Waals surface area contributed by atoms with E-state index in [4.69, 9.17) is 11.6 Å². The van der Waals surface area contributed by atoms with Gasteiger partial charge in [0.15, 0.2) is 0 Å². The van der Waals surface area contributed by atoms with Crippen LogP contribution in [-0.2, 0) is 14.3 Å². The molecule has 1 atom stereocenters. The van der Waals surface area contributed by atoms with E-state index in [0.717, 1.165) is 0 Å². The molecule has 0 heterocycles. The van der Waals surface area contributed by atoms with Gasteiger partial charge >= 0.3 is 5.97 Å². The fraction of sp³-hybridized carbons (Fsp3) is 0.429. The average Bonchev–Trinajstić information content (AvgIpc) is 2.38. The van der Waals surface area contributed by atoms with Crippen LogP contribution in [0.2, 0.25) is 5.02 Å². The van der Waals surface area contributed by atoms with Crippen molar-refractivity contribution in [3.8, 4) is 0 Å². The van der Waals surface area contributed by atoms with E-state index in [2.05, 4.69) is 10.1 Å². The summed E-state index contributed by atoms with van der Waals surface area (Å²) in [6.45, 7) is 1.94. The second-order valence-electron chi connectivity index (χ2n) is 4.27. The molecule has 0 saturated carbocycles. The fourth-order valence-electron chi connectivity index (χ4n) is 1.52. The molecule has 0 bridgehead atoms. The van der Waals surface area contributed by atoms with Gasteiger partial charge in [-0.1, -0.05) is 24.6 Å². The topological polar surface area (TPSA) is 55.4 Å². The van der Waals surface area contributed by atoms with Crippen LogP contribution in [0.25, 0.3) is 0 Å². The Morgan fingerprint density at radius 1 is 1.45 bits per heavy atom. The predicted molar refractivity (Wildman–Crippen MR) is 83.3 cm³/mol. The van der Waals surface area contributed by atoms with Crippen LogP contribution in [0.4, 0.5) is 5.69 Å². The molecule has 1 amide bonds. The van der Waals surface area contributed by atoms with Crippen molar-refractivity contribution < 1.29 is 14.3 Å². The van der Waals surface area contributed by atoms with Gasteiger partial charge in [0.25, 0.3) is 0 Å². The third-order valence-electron chi connectivity index (χ3n) is 2.52. The minimum atomic E-state index is -0.228. The van der Waals surface area contributed by atoms with Crippen LogP contribution in [0, 0.1) is 0 Å². The standard InChI is InChI=1S/C14H18ClNO3S/c1-10(8-14(18)19-2)20-7-6-13(17)16-12-5-3-4-11(15)9-12/h3-5,9-10H,6-8H2,1-2H3,(H,16,17). The molecule has 6 heteroatoms. The Morgan fingerprint density at radius 2 is 2.20 bits per heavy atom. The summed E-state index contributed by atoms with van der Waals surface area (Å²) in [6, 6.07) is 7.02. The number of rotatable bonds is 7. The van der Waals surface area contributed by atoms with Crippen LogP contribution >= 0.6 is 23.4 Å². The van der Waals surface area contributed by atoms with Crippen molar-refractivity contribution in [2.45, 2.75) is 25.0 Å². The number of carbonyl (C=O) groups excluding carboxylic acids is 2. The molecule has 0 radical (unpaired) electrons. The molecule has 20 heavy (non-hydrogen) atoms. The summed E-state index contributed by atoms with van der Waals surface area (Å²) in [5, 5.41) is 3.51. The highest BCUT2D eigenvalue weighted by atomic mass is 35.5. The summed E-state index contributed by atoms with van der Waals surface area (Å²) in [6.07, 6.45) is 0.750. The predicted octanol–water partition coefficient (Wildman–Crippen LogP) is 3.35. The number of amides is 1. The van der Waals surface area contributed by atoms with Crippen molar-refractivity contribution in [2.75, 3.05) is 18.2 Å². The van der Waals surface area contributed by atoms with Crippen molar-refractivity contribution in [2.24, 2.45) is 0 Å². The zero-order valence-corrected chi connectivity index (χ0v) is 13.1. The highest BCUT2D eigenvalue weighted by Crippen LogP contribution is 2.17. The zero-order chi connectivity index (χ0) is 15.0. The lowest BCUT2D eigenvalue weighted by atomic mass is 10.3. The smallest absolute Gasteiger partial charge is 0.306 e. The van der Waals surface area contributed by atoms with Crippen LogP contribution in [0.5, 0.6) is 0 Å². The molecule has 1 unspecified atom stereocenters. The summed E-state index contributed by atoms with van der Waals surface area (Å²) < 4.78 is 4.59. The van der Waals surface area contributed by atoms with Gasteiger partial charge in [-0.05, 0) is 18.2 Å². The number of methoxy groups -OCH3 is 1. The first-order chi connectivity index (χ1) is 9.51. The largest absolute Gasteiger partial charge is 0.469 e. The Balaban J connectivity index is 2.25. The summed E-state index contributed by atoms with van der Waals surface area (Å²) in [7, 11) is 1.37. The summed E-state index contributed by atoms with van der Waals surface area (Å²) >= 11 is 7.41. The normalized spacial score (nSPS) is 11.8. The lowest BCUT2D eigenvalue weighted by Gasteiger charge is -2.10. The Hall–Kier alpha value is -1.20. The van der Waals surface area contributed by atoms with E-state index in [1.807, 2.05) is 6.92 Å². The van der Waals surface area contributed by atoms with E-state index in [0.29, 0.717) is 29.3 Å². The first kappa shape index (κ1) is 16.9. The van der Waals surface area contributed by atoms with Crippen LogP contribution in [0.15, 0.2) is 24.3 Å². The number of hydrogen-bond acceptors (Lipinski definition) is 4. The Bertz CT molecular complexity index is 467. The third-order valence-corrected chi connectivity index (χ3v) is 3.93. The van der Waals surface area contributed by atoms with Crippen molar-refractivity contribution >= 4 is 40.9 Å². The fourth-order valence-corrected chi connectivity index (χ4v) is 2.67. The van der Waals surface area contributed by atoms with Gasteiger partial charge < -0.3 is 10.1 Å². The Morgan fingerprint density at radius 3 is 2.85 bits per heavy atom. The van der Waals surface area contributed by atoms with Crippen molar-refractivity contribution in [1.82, 2.24) is 0 Å². The van der Waals surface area contributed by atoms with Gasteiger partial charge in [-0.25, -0.2) is 0 Å². The molecule has 1 aromatic carbocycles. The minimum Gasteiger partial charge on any atom is -0.469 e. The average molecular weight is 316 g/mol. The summed E-state index contributed by atoms with van der Waals surface area (Å²) in [5.74, 6) is 0.364. The number of ether oxygens (including phenoxy) is 1. The Labute approximate surface area is 128 Å². The number of thioether (sulfide) groups is 1. The summed E-state index contributed by atoms with van der Waals surface area (Å²) in [4.78, 5) is 22.8. The number of anilines is 1. The van der Waals surface area contributed by atoms with Gasteiger partial charge in [0.2, 0.25) is 5.91 Å². The molecule has 0 aliphatic heterocycles. The van der Waals surface area contributed by atoms with Crippen LogP contribution in [0.1, 0.15) is 19.8 Å². The second-order valence-corrected chi connectivity index (χ2v) is 6.25. The lowest BCUT2D eigenvalue weighted by Crippen LogP contribution is -2.14. The lowest BCUT2D eigenvalue weighted by molar-refractivity contribution is -0.140. The van der Waals surface area contributed by atoms with Crippen molar-refractivity contribution in [1.29, 1.82) is 0 Å². The zero-order valence-electron chi connectivity index (χ0n) is 11.5. The van der Waals surface area contributed by atoms with Gasteiger partial charge in [0, 0.05) is 28.1 Å². The van der Waals surface area contributed by atoms with Gasteiger partial charge in [0.1, 0.15) is 0 Å². The number of carbonyl (C=O) groups is 2. The van der Waals surface area contributed by atoms with Gasteiger partial charge in [-0.3, -0.25) is 9.59 Å². The van der Waals surface area contributed by atoms with Crippen LogP contribution in [0.3, 0.4) is 0 Å². The van der Waals surface area contributed by atoms with E-state index in [1.165, 1.54) is 7.11 Å². The van der Waals surface area contributed by atoms with E-state index < -0.39 is 0 Å². The van der Waals surface area contributed by atoms with Gasteiger partial charge in [-0.15, -0.1) is 0 Å². The maximum absolute atomic E-state index is 11.7. The van der Waals surface area contributed by atoms with E-state index in [9.17, 15) is 9.59 Å². The highest BCUT2D eigenvalue weighted by Gasteiger charge is 2.10. The number of esters is 1. The van der Waals surface area contributed by atoms with Crippen LogP contribution in [-0.4, -0.2) is 30.0 Å². The minimum absolute atomic E-state index is 0.0648. The molecule has 1 rings (SSSR count).